The van der Waals surface area contributed by atoms with Gasteiger partial charge in [-0.1, -0.05) is 102 Å². The Hall–Kier alpha value is -13.1. The molecule has 0 spiro atoms. The fourth-order valence-corrected chi connectivity index (χ4v) is 16.3. The molecule has 2 atom stereocenters. The molecule has 0 aliphatic carbocycles. The molecule has 5 fully saturated rings. The number of rotatable bonds is 15. The first-order valence-corrected chi connectivity index (χ1v) is 43.5. The summed E-state index contributed by atoms with van der Waals surface area (Å²) < 4.78 is 29.9. The van der Waals surface area contributed by atoms with E-state index in [0.717, 1.165) is 116 Å². The zero-order chi connectivity index (χ0) is 92.4. The number of non-ortho nitro benzene ring substituents is 2. The van der Waals surface area contributed by atoms with Gasteiger partial charge in [0.25, 0.3) is 52.3 Å². The third-order valence-electron chi connectivity index (χ3n) is 23.1. The molecule has 10 aromatic carbocycles. The molecule has 5 heterocycles. The van der Waals surface area contributed by atoms with Crippen LogP contribution in [0.3, 0.4) is 0 Å². The fourth-order valence-electron chi connectivity index (χ4n) is 15.5. The number of aryl methyl sites for hydroxylation is 2. The van der Waals surface area contributed by atoms with Crippen LogP contribution in [0.4, 0.5) is 65.7 Å². The first-order valence-electron chi connectivity index (χ1n) is 42.0. The number of carbonyl (C=O) groups is 5. The van der Waals surface area contributed by atoms with Crippen LogP contribution in [-0.2, 0) is 5.41 Å². The average Bonchev–Trinajstić information content (AvgIpc) is 0.800. The quantitative estimate of drug-likeness (QED) is 0.0230. The summed E-state index contributed by atoms with van der Waals surface area (Å²) in [6, 6.07) is 65.2. The molecule has 128 heavy (non-hydrogen) atoms. The van der Waals surface area contributed by atoms with Crippen LogP contribution in [0, 0.1) is 60.7 Å². The van der Waals surface area contributed by atoms with Crippen LogP contribution in [0.1, 0.15) is 103 Å². The van der Waals surface area contributed by atoms with Gasteiger partial charge in [-0.15, -0.1) is 0 Å². The van der Waals surface area contributed by atoms with E-state index in [9.17, 15) is 68.0 Å². The maximum absolute atomic E-state index is 13.5. The van der Waals surface area contributed by atoms with E-state index in [2.05, 4.69) is 67.9 Å². The van der Waals surface area contributed by atoms with Crippen LogP contribution in [0.5, 0.6) is 0 Å². The Morgan fingerprint density at radius 2 is 0.750 bits per heavy atom. The van der Waals surface area contributed by atoms with E-state index in [-0.39, 0.29) is 63.1 Å². The lowest BCUT2D eigenvalue weighted by Crippen LogP contribution is -2.54. The van der Waals surface area contributed by atoms with E-state index in [1.54, 1.807) is 59.5 Å². The molecule has 10 aromatic rings. The Morgan fingerprint density at radius 1 is 0.383 bits per heavy atom. The predicted octanol–water partition coefficient (Wildman–Crippen LogP) is 18.0. The molecule has 32 heteroatoms. The molecule has 668 valence electrons. The monoisotopic (exact) mass is 1850 g/mol. The highest BCUT2D eigenvalue weighted by atomic mass is 79.9. The molecule has 0 aromatic heterocycles. The number of anilines is 5. The summed E-state index contributed by atoms with van der Waals surface area (Å²) in [5.74, 6) is -2.41. The number of nitroso groups, excluding NO2 is 2. The van der Waals surface area contributed by atoms with Crippen LogP contribution in [0.15, 0.2) is 229 Å². The minimum absolute atomic E-state index is 0.0184. The highest BCUT2D eigenvalue weighted by molar-refractivity contribution is 9.10. The van der Waals surface area contributed by atoms with Crippen LogP contribution in [0.2, 0.25) is 10.0 Å². The van der Waals surface area contributed by atoms with Crippen molar-refractivity contribution in [3.8, 4) is 0 Å². The second-order valence-corrected chi connectivity index (χ2v) is 34.5. The summed E-state index contributed by atoms with van der Waals surface area (Å²) in [4.78, 5) is 127. The summed E-state index contributed by atoms with van der Waals surface area (Å²) in [5.41, 5.74) is 12.9. The number of nitrogens with zero attached hydrogens (tertiary/aromatic N) is 15. The molecule has 0 saturated carbocycles. The molecule has 2 unspecified atom stereocenters. The third kappa shape index (κ3) is 24.8. The molecule has 5 aliphatic heterocycles. The van der Waals surface area contributed by atoms with Gasteiger partial charge < -0.3 is 54.2 Å². The summed E-state index contributed by atoms with van der Waals surface area (Å²) >= 11 is 15.5. The van der Waals surface area contributed by atoms with Gasteiger partial charge in [-0.05, 0) is 171 Å². The number of halogens is 5. The number of hydrogen-bond acceptors (Lipinski definition) is 17. The minimum Gasteiger partial charge on any atom is -0.619 e. The number of carbonyl (C=O) groups excluding carboxylic acids is 5. The van der Waals surface area contributed by atoms with Gasteiger partial charge >= 0.3 is 0 Å². The number of nitro groups is 2. The third-order valence-corrected chi connectivity index (χ3v) is 24.3. The largest absolute Gasteiger partial charge is 0.619 e. The van der Waals surface area contributed by atoms with Crippen LogP contribution < -0.4 is 24.5 Å². The highest BCUT2D eigenvalue weighted by Crippen LogP contribution is 2.32. The molecule has 0 bridgehead atoms. The Labute approximate surface area is 761 Å². The fraction of sp³-hybridized carbons (Fsp3) is 0.312. The average molecular weight is 1850 g/mol. The molecule has 27 nitrogen and oxygen atoms in total. The van der Waals surface area contributed by atoms with Crippen molar-refractivity contribution in [1.82, 2.24) is 24.5 Å². The first kappa shape index (κ1) is 95.6. The van der Waals surface area contributed by atoms with Gasteiger partial charge in [0.2, 0.25) is 5.69 Å². The maximum Gasteiger partial charge on any atom is 0.269 e. The van der Waals surface area contributed by atoms with E-state index < -0.39 is 27.4 Å². The van der Waals surface area contributed by atoms with Crippen molar-refractivity contribution in [2.75, 3.05) is 156 Å². The van der Waals surface area contributed by atoms with Crippen molar-refractivity contribution in [3.63, 3.8) is 0 Å². The van der Waals surface area contributed by atoms with Crippen LogP contribution in [0.25, 0.3) is 0 Å². The van der Waals surface area contributed by atoms with Crippen molar-refractivity contribution < 1.29 is 56.9 Å². The molecule has 0 radical (unpaired) electrons. The van der Waals surface area contributed by atoms with Gasteiger partial charge in [0, 0.05) is 270 Å². The predicted molar refractivity (Wildman–Crippen MR) is 502 cm³/mol. The Bertz CT molecular complexity index is 5660. The van der Waals surface area contributed by atoms with E-state index in [4.69, 9.17) is 23.2 Å². The lowest BCUT2D eigenvalue weighted by molar-refractivity contribution is -0.428. The Morgan fingerprint density at radius 3 is 1.14 bits per heavy atom. The van der Waals surface area contributed by atoms with Crippen molar-refractivity contribution in [3.05, 3.63) is 330 Å². The number of benzene rings is 10. The SMILES string of the molecule is C=[N+]([O-])c1ccc(N2CCN(C(=O)c3ccc(C(C)(C)C)cc3)CC2)cc1.CC1CN(c2ccc([N+](=O)[O-])cc2)CCN1C(=O)c1cccc(Br)c1.CC1CN(c2ccc([N+](C)=O)cc2)CCN1C(=O)c1cc(F)c(F)cc1Cl.Cc1ccc(C(=O)N2CCN(c3ccc([N+](C)=O)cc3)CC2)cc1Cl.Cc1ccccc1C(=O)N1CCN(c2ccc([N+](=O)[O-])cc2)CC1. The topological polar surface area (TPSA) is 270 Å². The molecule has 5 amide bonds. The molecule has 5 saturated heterocycles. The van der Waals surface area contributed by atoms with Gasteiger partial charge in [0.1, 0.15) is 6.72 Å². The summed E-state index contributed by atoms with van der Waals surface area (Å²) in [5, 5.41) is 33.2. The van der Waals surface area contributed by atoms with Crippen molar-refractivity contribution in [2.45, 2.75) is 66.0 Å². The van der Waals surface area contributed by atoms with Gasteiger partial charge in [0.15, 0.2) is 25.7 Å². The van der Waals surface area contributed by atoms with E-state index in [1.807, 2.05) is 181 Å². The molecular formula is C96H104BrCl2F2N15O12+2. The summed E-state index contributed by atoms with van der Waals surface area (Å²) in [7, 11) is 2.92. The standard InChI is InChI=1S/C22H27N3O2.C19H19ClF2N3O2.C19H21ClN3O2.C18H18BrN3O3.C18H19N3O3/c1-22(2,3)18-7-5-17(6-8-18)21(26)25-15-13-24(14-16-25)20-11-9-19(10-12-20)23(4)27;1-12-11-24(14-5-3-13(4-6-14)23(2)27)7-8-25(12)19(26)15-9-17(21)18(22)10-16(15)20;1-14-3-4-15(13-18(14)20)19(24)23-11-9-22(10-12-23)17-7-5-16(6-8-17)21(2)25;1-13-12-20(16-5-7-17(8-6-16)22(24)25)9-10-21(13)18(23)14-3-2-4-15(19)11-14;1-14-4-2-3-5-17(14)18(22)20-12-10-19(11-13-20)15-6-8-16(9-7-15)21(23)24/h5-12H,4,13-16H2,1-3H3;3-6,9-10,12H,7-8,11H2,1-2H3;3-8,13H,9-12H2,1-2H3;2-8,11,13H,9-10,12H2,1H3;2-9H,10-13H2,1H3/q;2*+1;;. The van der Waals surface area contributed by atoms with Crippen molar-refractivity contribution in [1.29, 1.82) is 0 Å². The van der Waals surface area contributed by atoms with E-state index in [1.165, 1.54) is 43.9 Å². The molecule has 0 N–H and O–H groups in total. The second-order valence-electron chi connectivity index (χ2n) is 32.8. The molecule has 5 aliphatic rings. The van der Waals surface area contributed by atoms with Crippen LogP contribution in [-0.4, -0.2) is 229 Å². The normalized spacial score (nSPS) is 15.7. The summed E-state index contributed by atoms with van der Waals surface area (Å²) in [6.45, 7) is 29.7. The lowest BCUT2D eigenvalue weighted by Gasteiger charge is -2.41. The highest BCUT2D eigenvalue weighted by Gasteiger charge is 2.34. The minimum atomic E-state index is -1.10. The summed E-state index contributed by atoms with van der Waals surface area (Å²) in [6.07, 6.45) is 0. The Balaban J connectivity index is 0.000000155. The van der Waals surface area contributed by atoms with Gasteiger partial charge in [0.05, 0.1) is 20.4 Å². The lowest BCUT2D eigenvalue weighted by atomic mass is 9.86. The van der Waals surface area contributed by atoms with Crippen LogP contribution >= 0.6 is 39.1 Å². The number of hydrogen-bond donors (Lipinski definition) is 0. The molecule has 15 rings (SSSR count). The van der Waals surface area contributed by atoms with Crippen molar-refractivity contribution >= 4 is 132 Å². The Kier molecular flexibility index (Phi) is 32.4. The number of nitro benzene ring substituents is 2. The second kappa shape index (κ2) is 43.4. The molecular weight excluding hydrogens is 1740 g/mol. The smallest absolute Gasteiger partial charge is 0.269 e. The van der Waals surface area contributed by atoms with Gasteiger partial charge in [-0.2, -0.15) is 4.74 Å². The first-order chi connectivity index (χ1) is 61.0. The van der Waals surface area contributed by atoms with E-state index >= 15 is 0 Å². The van der Waals surface area contributed by atoms with Gasteiger partial charge in [-0.25, -0.2) is 8.78 Å². The zero-order valence-electron chi connectivity index (χ0n) is 72.9. The zero-order valence-corrected chi connectivity index (χ0v) is 76.0. The van der Waals surface area contributed by atoms with E-state index in [0.29, 0.717) is 116 Å². The van der Waals surface area contributed by atoms with Gasteiger partial charge in [-0.3, -0.25) is 44.2 Å². The van der Waals surface area contributed by atoms with Crippen molar-refractivity contribution in [2.24, 2.45) is 0 Å². The maximum atomic E-state index is 13.5. The number of amides is 5. The number of piperazine rings is 5.